The van der Waals surface area contributed by atoms with E-state index in [2.05, 4.69) is 44.6 Å². The van der Waals surface area contributed by atoms with Gasteiger partial charge in [0.1, 0.15) is 0 Å². The normalized spacial score (nSPS) is 30.4. The van der Waals surface area contributed by atoms with E-state index in [0.29, 0.717) is 5.96 Å². The molecule has 0 saturated heterocycles. The minimum Gasteiger partial charge on any atom is -0.370 e. The molecule has 2 rings (SSSR count). The minimum atomic E-state index is 0.0299. The standard InChI is InChI=1S/C14H20BrN3/c1-11(15)5-3-6-12-7-4-8-14(9-12)10-18(2)13(16)17-14/h3,5-6H,1,4,7-10H2,2H3,(H2,16,17). The third-order valence-corrected chi connectivity index (χ3v) is 3.84. The van der Waals surface area contributed by atoms with E-state index in [4.69, 9.17) is 5.73 Å². The molecule has 1 saturated carbocycles. The molecule has 1 heterocycles. The van der Waals surface area contributed by atoms with Crippen molar-refractivity contribution in [1.82, 2.24) is 4.90 Å². The number of halogens is 1. The number of nitrogens with zero attached hydrogens (tertiary/aromatic N) is 2. The first-order valence-corrected chi connectivity index (χ1v) is 7.07. The van der Waals surface area contributed by atoms with Gasteiger partial charge in [0, 0.05) is 18.1 Å². The highest BCUT2D eigenvalue weighted by atomic mass is 79.9. The Bertz CT molecular complexity index is 436. The Labute approximate surface area is 117 Å². The van der Waals surface area contributed by atoms with Crippen molar-refractivity contribution in [2.75, 3.05) is 13.6 Å². The topological polar surface area (TPSA) is 41.6 Å². The van der Waals surface area contributed by atoms with Gasteiger partial charge >= 0.3 is 0 Å². The highest BCUT2D eigenvalue weighted by molar-refractivity contribution is 9.11. The van der Waals surface area contributed by atoms with Gasteiger partial charge in [0.25, 0.3) is 0 Å². The van der Waals surface area contributed by atoms with Crippen molar-refractivity contribution in [3.63, 3.8) is 0 Å². The quantitative estimate of drug-likeness (QED) is 0.797. The second-order valence-corrected chi connectivity index (χ2v) is 6.23. The van der Waals surface area contributed by atoms with Crippen molar-refractivity contribution >= 4 is 21.9 Å². The maximum Gasteiger partial charge on any atom is 0.191 e. The average molecular weight is 310 g/mol. The molecule has 18 heavy (non-hydrogen) atoms. The SMILES string of the molecule is C=C(Br)C=CC=C1CCCC2(C1)CN(C)C(N)=N2. The van der Waals surface area contributed by atoms with E-state index in [0.717, 1.165) is 23.9 Å². The molecule has 0 aromatic carbocycles. The molecule has 1 atom stereocenters. The number of aliphatic imine (C=N–C) groups is 1. The Hall–Kier alpha value is -1.03. The lowest BCUT2D eigenvalue weighted by atomic mass is 9.79. The molecular weight excluding hydrogens is 290 g/mol. The van der Waals surface area contributed by atoms with Gasteiger partial charge in [0.2, 0.25) is 0 Å². The maximum atomic E-state index is 5.89. The van der Waals surface area contributed by atoms with Gasteiger partial charge in [-0.15, -0.1) is 0 Å². The monoisotopic (exact) mass is 309 g/mol. The predicted octanol–water partition coefficient (Wildman–Crippen LogP) is 2.95. The third-order valence-electron chi connectivity index (χ3n) is 3.58. The lowest BCUT2D eigenvalue weighted by Crippen LogP contribution is -2.37. The summed E-state index contributed by atoms with van der Waals surface area (Å²) in [6.07, 6.45) is 10.7. The summed E-state index contributed by atoms with van der Waals surface area (Å²) < 4.78 is 0.896. The molecule has 0 aromatic heterocycles. The van der Waals surface area contributed by atoms with E-state index in [1.54, 1.807) is 0 Å². The largest absolute Gasteiger partial charge is 0.370 e. The summed E-state index contributed by atoms with van der Waals surface area (Å²) in [5, 5.41) is 0. The van der Waals surface area contributed by atoms with Gasteiger partial charge < -0.3 is 10.6 Å². The average Bonchev–Trinajstić information content (AvgIpc) is 2.53. The predicted molar refractivity (Wildman–Crippen MR) is 80.7 cm³/mol. The summed E-state index contributed by atoms with van der Waals surface area (Å²) in [4.78, 5) is 6.74. The van der Waals surface area contributed by atoms with Crippen molar-refractivity contribution in [3.05, 3.63) is 34.9 Å². The zero-order valence-electron chi connectivity index (χ0n) is 10.8. The first-order chi connectivity index (χ1) is 8.51. The Morgan fingerprint density at radius 1 is 1.61 bits per heavy atom. The lowest BCUT2D eigenvalue weighted by molar-refractivity contribution is 0.314. The number of rotatable bonds is 2. The third kappa shape index (κ3) is 3.05. The smallest absolute Gasteiger partial charge is 0.191 e. The summed E-state index contributed by atoms with van der Waals surface area (Å²) in [7, 11) is 2.01. The van der Waals surface area contributed by atoms with Gasteiger partial charge in [0.05, 0.1) is 5.54 Å². The molecule has 2 N–H and O–H groups in total. The van der Waals surface area contributed by atoms with Gasteiger partial charge in [0.15, 0.2) is 5.96 Å². The fourth-order valence-corrected chi connectivity index (χ4v) is 2.94. The molecule has 1 aliphatic carbocycles. The van der Waals surface area contributed by atoms with Crippen LogP contribution >= 0.6 is 15.9 Å². The van der Waals surface area contributed by atoms with Gasteiger partial charge in [-0.3, -0.25) is 0 Å². The van der Waals surface area contributed by atoms with Crippen LogP contribution in [0.15, 0.2) is 39.9 Å². The highest BCUT2D eigenvalue weighted by Gasteiger charge is 2.39. The first-order valence-electron chi connectivity index (χ1n) is 6.28. The van der Waals surface area contributed by atoms with Crippen LogP contribution in [0.5, 0.6) is 0 Å². The second-order valence-electron chi connectivity index (χ2n) is 5.21. The summed E-state index contributed by atoms with van der Waals surface area (Å²) >= 11 is 3.32. The van der Waals surface area contributed by atoms with Crippen molar-refractivity contribution in [2.24, 2.45) is 10.7 Å². The Morgan fingerprint density at radius 2 is 2.39 bits per heavy atom. The molecule has 1 aliphatic heterocycles. The molecule has 2 aliphatic rings. The number of hydrogen-bond acceptors (Lipinski definition) is 3. The minimum absolute atomic E-state index is 0.0299. The van der Waals surface area contributed by atoms with Gasteiger partial charge in [-0.2, -0.15) is 0 Å². The van der Waals surface area contributed by atoms with Crippen LogP contribution < -0.4 is 5.73 Å². The van der Waals surface area contributed by atoms with Crippen molar-refractivity contribution in [2.45, 2.75) is 31.2 Å². The molecule has 1 unspecified atom stereocenters. The molecule has 4 heteroatoms. The summed E-state index contributed by atoms with van der Waals surface area (Å²) in [6, 6.07) is 0. The van der Waals surface area contributed by atoms with Gasteiger partial charge in [-0.25, -0.2) is 4.99 Å². The van der Waals surface area contributed by atoms with E-state index in [-0.39, 0.29) is 5.54 Å². The summed E-state index contributed by atoms with van der Waals surface area (Å²) in [5.74, 6) is 0.681. The van der Waals surface area contributed by atoms with E-state index in [1.807, 2.05) is 13.1 Å². The summed E-state index contributed by atoms with van der Waals surface area (Å²) in [6.45, 7) is 4.73. The first kappa shape index (κ1) is 13.4. The van der Waals surface area contributed by atoms with E-state index >= 15 is 0 Å². The molecule has 0 bridgehead atoms. The van der Waals surface area contributed by atoms with E-state index in [1.165, 1.54) is 18.4 Å². The van der Waals surface area contributed by atoms with Crippen LogP contribution in [0.25, 0.3) is 0 Å². The molecule has 0 amide bonds. The molecule has 0 radical (unpaired) electrons. The van der Waals surface area contributed by atoms with Crippen LogP contribution in [0.1, 0.15) is 25.7 Å². The zero-order chi connectivity index (χ0) is 13.2. The fourth-order valence-electron chi connectivity index (χ4n) is 2.79. The molecule has 98 valence electrons. The maximum absolute atomic E-state index is 5.89. The van der Waals surface area contributed by atoms with Crippen LogP contribution in [0.2, 0.25) is 0 Å². The van der Waals surface area contributed by atoms with Crippen LogP contribution in [0.3, 0.4) is 0 Å². The zero-order valence-corrected chi connectivity index (χ0v) is 12.4. The fraction of sp³-hybridized carbons (Fsp3) is 0.500. The molecule has 3 nitrogen and oxygen atoms in total. The van der Waals surface area contributed by atoms with Crippen molar-refractivity contribution in [1.29, 1.82) is 0 Å². The van der Waals surface area contributed by atoms with Crippen LogP contribution in [-0.4, -0.2) is 30.0 Å². The van der Waals surface area contributed by atoms with Gasteiger partial charge in [-0.05, 0) is 31.8 Å². The Kier molecular flexibility index (Phi) is 3.95. The second kappa shape index (κ2) is 5.31. The summed E-state index contributed by atoms with van der Waals surface area (Å²) in [5.41, 5.74) is 7.38. The molecule has 1 fully saturated rings. The Balaban J connectivity index is 2.08. The number of nitrogens with two attached hydrogens (primary N) is 1. The van der Waals surface area contributed by atoms with E-state index < -0.39 is 0 Å². The van der Waals surface area contributed by atoms with Gasteiger partial charge in [-0.1, -0.05) is 40.2 Å². The van der Waals surface area contributed by atoms with Crippen LogP contribution in [-0.2, 0) is 0 Å². The van der Waals surface area contributed by atoms with Crippen molar-refractivity contribution in [3.8, 4) is 0 Å². The number of likely N-dealkylation sites (N-methyl/N-ethyl adjacent to an activating group) is 1. The van der Waals surface area contributed by atoms with Crippen LogP contribution in [0.4, 0.5) is 0 Å². The number of hydrogen-bond donors (Lipinski definition) is 1. The Morgan fingerprint density at radius 3 is 3.00 bits per heavy atom. The molecule has 1 spiro atoms. The lowest BCUT2D eigenvalue weighted by Gasteiger charge is -2.32. The molecular formula is C14H20BrN3. The van der Waals surface area contributed by atoms with E-state index in [9.17, 15) is 0 Å². The number of guanidine groups is 1. The van der Waals surface area contributed by atoms with Crippen LogP contribution in [0, 0.1) is 0 Å². The highest BCUT2D eigenvalue weighted by Crippen LogP contribution is 2.38. The van der Waals surface area contributed by atoms with Crippen molar-refractivity contribution < 1.29 is 0 Å². The number of allylic oxidation sites excluding steroid dienone is 4. The molecule has 0 aromatic rings.